The van der Waals surface area contributed by atoms with Gasteiger partial charge in [0.15, 0.2) is 5.69 Å². The number of carbonyl (C=O) groups excluding carboxylic acids is 1. The molecule has 0 fully saturated rings. The fourth-order valence-corrected chi connectivity index (χ4v) is 0.838. The van der Waals surface area contributed by atoms with E-state index < -0.39 is 17.5 Å². The van der Waals surface area contributed by atoms with E-state index in [0.29, 0.717) is 0 Å². The lowest BCUT2D eigenvalue weighted by Crippen LogP contribution is -2.11. The highest BCUT2D eigenvalue weighted by Gasteiger charge is 2.19. The number of aromatic nitrogens is 2. The van der Waals surface area contributed by atoms with E-state index in [4.69, 9.17) is 0 Å². The SMILES string of the molecule is CCOC(=O)c1ncnc(OC)c1F. The maximum atomic E-state index is 13.3. The molecule has 0 saturated carbocycles. The predicted molar refractivity (Wildman–Crippen MR) is 44.5 cm³/mol. The molecule has 1 rings (SSSR count). The van der Waals surface area contributed by atoms with Crippen molar-refractivity contribution in [2.45, 2.75) is 6.92 Å². The van der Waals surface area contributed by atoms with Crippen molar-refractivity contribution < 1.29 is 18.7 Å². The average molecular weight is 200 g/mol. The molecule has 1 aromatic rings. The van der Waals surface area contributed by atoms with Crippen molar-refractivity contribution >= 4 is 5.97 Å². The van der Waals surface area contributed by atoms with Crippen molar-refractivity contribution in [3.63, 3.8) is 0 Å². The normalized spacial score (nSPS) is 9.64. The Morgan fingerprint density at radius 3 is 2.86 bits per heavy atom. The van der Waals surface area contributed by atoms with Gasteiger partial charge in [-0.1, -0.05) is 0 Å². The number of rotatable bonds is 3. The van der Waals surface area contributed by atoms with Gasteiger partial charge in [0.05, 0.1) is 13.7 Å². The molecule has 0 aliphatic carbocycles. The number of halogens is 1. The predicted octanol–water partition coefficient (Wildman–Crippen LogP) is 0.801. The van der Waals surface area contributed by atoms with Crippen LogP contribution in [-0.4, -0.2) is 29.7 Å². The molecule has 5 nitrogen and oxygen atoms in total. The fraction of sp³-hybridized carbons (Fsp3) is 0.375. The number of hydrogen-bond acceptors (Lipinski definition) is 5. The smallest absolute Gasteiger partial charge is 0.360 e. The molecule has 0 saturated heterocycles. The minimum atomic E-state index is -0.909. The van der Waals surface area contributed by atoms with E-state index in [9.17, 15) is 9.18 Å². The minimum Gasteiger partial charge on any atom is -0.479 e. The first-order valence-corrected chi connectivity index (χ1v) is 3.92. The first kappa shape index (κ1) is 10.4. The third-order valence-corrected chi connectivity index (χ3v) is 1.42. The van der Waals surface area contributed by atoms with E-state index in [1.807, 2.05) is 0 Å². The highest BCUT2D eigenvalue weighted by Crippen LogP contribution is 2.14. The monoisotopic (exact) mass is 200 g/mol. The van der Waals surface area contributed by atoms with Crippen LogP contribution in [-0.2, 0) is 4.74 Å². The molecular formula is C8H9FN2O3. The highest BCUT2D eigenvalue weighted by molar-refractivity contribution is 5.87. The Morgan fingerprint density at radius 1 is 1.57 bits per heavy atom. The Bertz CT molecular complexity index is 343. The van der Waals surface area contributed by atoms with Crippen LogP contribution in [0.2, 0.25) is 0 Å². The lowest BCUT2D eigenvalue weighted by molar-refractivity contribution is 0.0512. The van der Waals surface area contributed by atoms with Crippen molar-refractivity contribution in [3.05, 3.63) is 17.8 Å². The number of methoxy groups -OCH3 is 1. The summed E-state index contributed by atoms with van der Waals surface area (Å²) in [4.78, 5) is 18.1. The van der Waals surface area contributed by atoms with Crippen molar-refractivity contribution in [2.75, 3.05) is 13.7 Å². The molecule has 76 valence electrons. The molecule has 0 spiro atoms. The van der Waals surface area contributed by atoms with Gasteiger partial charge in [-0.25, -0.2) is 9.78 Å². The number of ether oxygens (including phenoxy) is 2. The van der Waals surface area contributed by atoms with Gasteiger partial charge in [-0.15, -0.1) is 0 Å². The molecule has 0 aliphatic rings. The Hall–Kier alpha value is -1.72. The second-order valence-corrected chi connectivity index (χ2v) is 2.27. The van der Waals surface area contributed by atoms with Crippen LogP contribution in [0.3, 0.4) is 0 Å². The lowest BCUT2D eigenvalue weighted by Gasteiger charge is -2.04. The molecule has 0 amide bonds. The Balaban J connectivity index is 3.03. The number of carbonyl (C=O) groups is 1. The molecule has 0 aliphatic heterocycles. The second-order valence-electron chi connectivity index (χ2n) is 2.27. The zero-order chi connectivity index (χ0) is 10.6. The number of nitrogens with zero attached hydrogens (tertiary/aromatic N) is 2. The Kier molecular flexibility index (Phi) is 3.33. The van der Waals surface area contributed by atoms with Crippen molar-refractivity contribution in [2.24, 2.45) is 0 Å². The molecule has 0 atom stereocenters. The number of hydrogen-bond donors (Lipinski definition) is 0. The summed E-state index contributed by atoms with van der Waals surface area (Å²) in [6.07, 6.45) is 1.04. The molecule has 0 N–H and O–H groups in total. The summed E-state index contributed by atoms with van der Waals surface area (Å²) in [5.41, 5.74) is -0.418. The fourth-order valence-electron chi connectivity index (χ4n) is 0.838. The number of esters is 1. The van der Waals surface area contributed by atoms with E-state index in [0.717, 1.165) is 6.33 Å². The zero-order valence-electron chi connectivity index (χ0n) is 7.78. The Morgan fingerprint density at radius 2 is 2.29 bits per heavy atom. The van der Waals surface area contributed by atoms with Gasteiger partial charge in [0, 0.05) is 0 Å². The maximum absolute atomic E-state index is 13.3. The van der Waals surface area contributed by atoms with Crippen LogP contribution in [0.15, 0.2) is 6.33 Å². The molecule has 0 radical (unpaired) electrons. The first-order chi connectivity index (χ1) is 6.70. The van der Waals surface area contributed by atoms with Gasteiger partial charge in [0.1, 0.15) is 6.33 Å². The van der Waals surface area contributed by atoms with Gasteiger partial charge in [-0.2, -0.15) is 9.37 Å². The van der Waals surface area contributed by atoms with E-state index in [2.05, 4.69) is 19.4 Å². The summed E-state index contributed by atoms with van der Waals surface area (Å²) in [5.74, 6) is -2.01. The molecule has 0 aromatic carbocycles. The topological polar surface area (TPSA) is 61.3 Å². The van der Waals surface area contributed by atoms with Gasteiger partial charge in [-0.05, 0) is 6.92 Å². The summed E-state index contributed by atoms with van der Waals surface area (Å²) in [6.45, 7) is 1.78. The molecule has 6 heteroatoms. The van der Waals surface area contributed by atoms with Crippen LogP contribution in [0.25, 0.3) is 0 Å². The van der Waals surface area contributed by atoms with Crippen molar-refractivity contribution in [1.29, 1.82) is 0 Å². The minimum absolute atomic E-state index is 0.157. The van der Waals surface area contributed by atoms with Crippen LogP contribution in [0, 0.1) is 5.82 Å². The summed E-state index contributed by atoms with van der Waals surface area (Å²) >= 11 is 0. The third kappa shape index (κ3) is 1.95. The molecule has 0 unspecified atom stereocenters. The van der Waals surface area contributed by atoms with Crippen LogP contribution < -0.4 is 4.74 Å². The highest BCUT2D eigenvalue weighted by atomic mass is 19.1. The summed E-state index contributed by atoms with van der Waals surface area (Å²) in [6, 6.07) is 0. The van der Waals surface area contributed by atoms with E-state index in [1.54, 1.807) is 6.92 Å². The Labute approximate surface area is 79.9 Å². The van der Waals surface area contributed by atoms with Gasteiger partial charge < -0.3 is 9.47 Å². The molecule has 1 aromatic heterocycles. The van der Waals surface area contributed by atoms with Crippen molar-refractivity contribution in [1.82, 2.24) is 9.97 Å². The summed E-state index contributed by atoms with van der Waals surface area (Å²) in [5, 5.41) is 0. The lowest BCUT2D eigenvalue weighted by atomic mass is 10.4. The van der Waals surface area contributed by atoms with Crippen LogP contribution in [0.5, 0.6) is 5.88 Å². The first-order valence-electron chi connectivity index (χ1n) is 3.92. The maximum Gasteiger partial charge on any atom is 0.360 e. The zero-order valence-corrected chi connectivity index (χ0v) is 7.78. The average Bonchev–Trinajstić information content (AvgIpc) is 2.18. The molecule has 0 bridgehead atoms. The summed E-state index contributed by atoms with van der Waals surface area (Å²) < 4.78 is 22.5. The van der Waals surface area contributed by atoms with Gasteiger partial charge in [0.25, 0.3) is 5.88 Å². The standard InChI is InChI=1S/C8H9FN2O3/c1-3-14-8(12)6-5(9)7(13-2)11-4-10-6/h4H,3H2,1-2H3. The van der Waals surface area contributed by atoms with Crippen LogP contribution in [0.1, 0.15) is 17.4 Å². The second kappa shape index (κ2) is 4.50. The summed E-state index contributed by atoms with van der Waals surface area (Å²) in [7, 11) is 1.25. The largest absolute Gasteiger partial charge is 0.479 e. The van der Waals surface area contributed by atoms with E-state index >= 15 is 0 Å². The molecule has 14 heavy (non-hydrogen) atoms. The molecule has 1 heterocycles. The van der Waals surface area contributed by atoms with Gasteiger partial charge in [-0.3, -0.25) is 0 Å². The van der Waals surface area contributed by atoms with Crippen LogP contribution in [0.4, 0.5) is 4.39 Å². The van der Waals surface area contributed by atoms with Gasteiger partial charge in [0.2, 0.25) is 5.82 Å². The van der Waals surface area contributed by atoms with E-state index in [-0.39, 0.29) is 12.5 Å². The van der Waals surface area contributed by atoms with E-state index in [1.165, 1.54) is 7.11 Å². The molecular weight excluding hydrogens is 191 g/mol. The quantitative estimate of drug-likeness (QED) is 0.675. The van der Waals surface area contributed by atoms with Gasteiger partial charge >= 0.3 is 5.97 Å². The third-order valence-electron chi connectivity index (χ3n) is 1.42. The van der Waals surface area contributed by atoms with Crippen molar-refractivity contribution in [3.8, 4) is 5.88 Å². The van der Waals surface area contributed by atoms with Crippen LogP contribution >= 0.6 is 0 Å².